The van der Waals surface area contributed by atoms with E-state index in [4.69, 9.17) is 4.74 Å². The van der Waals surface area contributed by atoms with E-state index in [0.717, 1.165) is 17.6 Å². The largest absolute Gasteiger partial charge is 0.496 e. The van der Waals surface area contributed by atoms with Gasteiger partial charge in [0.05, 0.1) is 7.11 Å². The Morgan fingerprint density at radius 2 is 1.72 bits per heavy atom. The highest BCUT2D eigenvalue weighted by Gasteiger charge is 2.07. The number of benzene rings is 1. The highest BCUT2D eigenvalue weighted by atomic mass is 16.5. The second kappa shape index (κ2) is 7.49. The highest BCUT2D eigenvalue weighted by molar-refractivity contribution is 5.67. The molecule has 18 heavy (non-hydrogen) atoms. The molecule has 0 bridgehead atoms. The SMILES string of the molecule is C.COc1cc(C)c(/C=C/C=C/C=O)c(C)c1C. The van der Waals surface area contributed by atoms with Gasteiger partial charge in [0, 0.05) is 0 Å². The first-order valence-corrected chi connectivity index (χ1v) is 5.55. The third-order valence-electron chi connectivity index (χ3n) is 2.89. The maximum absolute atomic E-state index is 10.2. The molecule has 0 spiro atoms. The van der Waals surface area contributed by atoms with E-state index in [0.29, 0.717) is 0 Å². The summed E-state index contributed by atoms with van der Waals surface area (Å²) in [6.45, 7) is 6.18. The average Bonchev–Trinajstić information content (AvgIpc) is 2.32. The van der Waals surface area contributed by atoms with Gasteiger partial charge in [0.2, 0.25) is 0 Å². The van der Waals surface area contributed by atoms with Gasteiger partial charge in [0.15, 0.2) is 0 Å². The minimum Gasteiger partial charge on any atom is -0.496 e. The summed E-state index contributed by atoms with van der Waals surface area (Å²) in [5.41, 5.74) is 4.70. The average molecular weight is 246 g/mol. The van der Waals surface area contributed by atoms with Crippen LogP contribution in [0.15, 0.2) is 24.3 Å². The van der Waals surface area contributed by atoms with Crippen molar-refractivity contribution in [3.05, 3.63) is 46.5 Å². The topological polar surface area (TPSA) is 26.3 Å². The number of hydrogen-bond acceptors (Lipinski definition) is 2. The molecule has 0 aliphatic rings. The summed E-state index contributed by atoms with van der Waals surface area (Å²) >= 11 is 0. The third-order valence-corrected chi connectivity index (χ3v) is 2.89. The molecule has 1 aromatic rings. The quantitative estimate of drug-likeness (QED) is 0.455. The maximum Gasteiger partial charge on any atom is 0.142 e. The van der Waals surface area contributed by atoms with E-state index in [2.05, 4.69) is 13.8 Å². The van der Waals surface area contributed by atoms with Gasteiger partial charge in [-0.3, -0.25) is 4.79 Å². The number of hydrogen-bond donors (Lipinski definition) is 0. The van der Waals surface area contributed by atoms with Crippen LogP contribution >= 0.6 is 0 Å². The summed E-state index contributed by atoms with van der Waals surface area (Å²) < 4.78 is 5.32. The van der Waals surface area contributed by atoms with Gasteiger partial charge in [-0.25, -0.2) is 0 Å². The number of rotatable bonds is 4. The Balaban J connectivity index is 0.00000289. The summed E-state index contributed by atoms with van der Waals surface area (Å²) in [4.78, 5) is 10.2. The summed E-state index contributed by atoms with van der Waals surface area (Å²) in [6, 6.07) is 2.03. The Hall–Kier alpha value is -1.83. The van der Waals surface area contributed by atoms with Crippen LogP contribution in [0.4, 0.5) is 0 Å². The Morgan fingerprint density at radius 1 is 1.06 bits per heavy atom. The van der Waals surface area contributed by atoms with Crippen molar-refractivity contribution in [1.29, 1.82) is 0 Å². The fourth-order valence-corrected chi connectivity index (χ4v) is 1.79. The minimum atomic E-state index is 0. The molecule has 1 rings (SSSR count). The highest BCUT2D eigenvalue weighted by Crippen LogP contribution is 2.28. The van der Waals surface area contributed by atoms with Crippen molar-refractivity contribution in [2.45, 2.75) is 28.2 Å². The van der Waals surface area contributed by atoms with Crippen LogP contribution in [0, 0.1) is 20.8 Å². The van der Waals surface area contributed by atoms with Crippen LogP contribution in [0.5, 0.6) is 5.75 Å². The van der Waals surface area contributed by atoms with Gasteiger partial charge in [-0.1, -0.05) is 25.7 Å². The van der Waals surface area contributed by atoms with Crippen molar-refractivity contribution < 1.29 is 9.53 Å². The molecule has 0 N–H and O–H groups in total. The van der Waals surface area contributed by atoms with Crippen LogP contribution < -0.4 is 4.74 Å². The van der Waals surface area contributed by atoms with Crippen molar-refractivity contribution in [3.63, 3.8) is 0 Å². The van der Waals surface area contributed by atoms with Crippen molar-refractivity contribution in [2.24, 2.45) is 0 Å². The molecule has 0 fully saturated rings. The predicted molar refractivity (Wildman–Crippen MR) is 78.2 cm³/mol. The van der Waals surface area contributed by atoms with Gasteiger partial charge in [-0.05, 0) is 55.2 Å². The van der Waals surface area contributed by atoms with Gasteiger partial charge in [0.25, 0.3) is 0 Å². The maximum atomic E-state index is 10.2. The van der Waals surface area contributed by atoms with E-state index in [9.17, 15) is 4.79 Å². The zero-order valence-corrected chi connectivity index (χ0v) is 10.8. The zero-order valence-electron chi connectivity index (χ0n) is 10.8. The number of aryl methyl sites for hydroxylation is 1. The summed E-state index contributed by atoms with van der Waals surface area (Å²) in [5, 5.41) is 0. The van der Waals surface area contributed by atoms with Gasteiger partial charge in [-0.15, -0.1) is 0 Å². The molecule has 0 radical (unpaired) electrons. The Labute approximate surface area is 110 Å². The van der Waals surface area contributed by atoms with Crippen LogP contribution in [0.25, 0.3) is 6.08 Å². The molecule has 1 aromatic carbocycles. The number of allylic oxidation sites excluding steroid dienone is 3. The van der Waals surface area contributed by atoms with E-state index in [-0.39, 0.29) is 7.43 Å². The fourth-order valence-electron chi connectivity index (χ4n) is 1.79. The summed E-state index contributed by atoms with van der Waals surface area (Å²) in [6.07, 6.45) is 7.85. The first kappa shape index (κ1) is 16.2. The molecule has 0 aromatic heterocycles. The standard InChI is InChI=1S/C15H18O2.CH4/c1-11-10-15(17-4)13(3)12(2)14(11)8-6-5-7-9-16;/h5-10H,1-4H3;1H4/b7-5+,8-6+;. The number of carbonyl (C=O) groups is 1. The molecule has 0 amide bonds. The van der Waals surface area contributed by atoms with Crippen molar-refractivity contribution in [1.82, 2.24) is 0 Å². The van der Waals surface area contributed by atoms with E-state index in [1.165, 1.54) is 22.8 Å². The summed E-state index contributed by atoms with van der Waals surface area (Å²) in [7, 11) is 1.68. The van der Waals surface area contributed by atoms with Gasteiger partial charge in [-0.2, -0.15) is 0 Å². The summed E-state index contributed by atoms with van der Waals surface area (Å²) in [5.74, 6) is 0.917. The molecule has 0 atom stereocenters. The Kier molecular flexibility index (Phi) is 6.73. The molecular formula is C16H22O2. The molecule has 0 aliphatic carbocycles. The molecule has 2 heteroatoms. The number of aldehydes is 1. The molecule has 0 saturated heterocycles. The van der Waals surface area contributed by atoms with E-state index < -0.39 is 0 Å². The molecule has 0 aliphatic heterocycles. The first-order chi connectivity index (χ1) is 8.11. The lowest BCUT2D eigenvalue weighted by atomic mass is 9.97. The van der Waals surface area contributed by atoms with E-state index in [1.54, 1.807) is 13.2 Å². The number of carbonyl (C=O) groups excluding carboxylic acids is 1. The molecule has 0 saturated carbocycles. The Morgan fingerprint density at radius 3 is 2.28 bits per heavy atom. The second-order valence-corrected chi connectivity index (χ2v) is 3.94. The van der Waals surface area contributed by atoms with Crippen molar-refractivity contribution >= 4 is 12.4 Å². The van der Waals surface area contributed by atoms with Crippen LogP contribution in [-0.2, 0) is 4.79 Å². The normalized spacial score (nSPS) is 10.7. The predicted octanol–water partition coefficient (Wildman–Crippen LogP) is 4.02. The number of ether oxygens (including phenoxy) is 1. The van der Waals surface area contributed by atoms with Crippen molar-refractivity contribution in [3.8, 4) is 5.75 Å². The van der Waals surface area contributed by atoms with Gasteiger partial charge in [0.1, 0.15) is 12.0 Å². The fraction of sp³-hybridized carbons (Fsp3) is 0.312. The van der Waals surface area contributed by atoms with Gasteiger partial charge >= 0.3 is 0 Å². The molecule has 0 heterocycles. The Bertz CT molecular complexity index is 468. The third kappa shape index (κ3) is 3.59. The lowest BCUT2D eigenvalue weighted by Gasteiger charge is -2.13. The molecular weight excluding hydrogens is 224 g/mol. The van der Waals surface area contributed by atoms with E-state index >= 15 is 0 Å². The second-order valence-electron chi connectivity index (χ2n) is 3.94. The van der Waals surface area contributed by atoms with Crippen LogP contribution in [0.3, 0.4) is 0 Å². The monoisotopic (exact) mass is 246 g/mol. The molecule has 98 valence electrons. The van der Waals surface area contributed by atoms with Crippen LogP contribution in [0.1, 0.15) is 29.7 Å². The first-order valence-electron chi connectivity index (χ1n) is 5.55. The zero-order chi connectivity index (χ0) is 12.8. The smallest absolute Gasteiger partial charge is 0.142 e. The number of methoxy groups -OCH3 is 1. The van der Waals surface area contributed by atoms with E-state index in [1.807, 2.05) is 25.1 Å². The molecule has 2 nitrogen and oxygen atoms in total. The van der Waals surface area contributed by atoms with Crippen molar-refractivity contribution in [2.75, 3.05) is 7.11 Å². The van der Waals surface area contributed by atoms with Crippen LogP contribution in [0.2, 0.25) is 0 Å². The lowest BCUT2D eigenvalue weighted by molar-refractivity contribution is -0.104. The minimum absolute atomic E-state index is 0. The lowest BCUT2D eigenvalue weighted by Crippen LogP contribution is -1.95. The molecule has 0 unspecified atom stereocenters. The van der Waals surface area contributed by atoms with Gasteiger partial charge < -0.3 is 4.74 Å². The van der Waals surface area contributed by atoms with Crippen LogP contribution in [-0.4, -0.2) is 13.4 Å².